The molecule has 0 spiro atoms. The van der Waals surface area contributed by atoms with Gasteiger partial charge < -0.3 is 0 Å². The number of H-pyrrole nitrogens is 2. The van der Waals surface area contributed by atoms with Crippen LogP contribution in [0.15, 0.2) is 109 Å². The monoisotopic (exact) mass is 564 g/mol. The van der Waals surface area contributed by atoms with E-state index in [2.05, 4.69) is 40.3 Å². The fraction of sp³-hybridized carbons (Fsp3) is 0.235. The van der Waals surface area contributed by atoms with E-state index in [0.29, 0.717) is 23.3 Å². The molecule has 2 N–H and O–H groups in total. The molecule has 8 heteroatoms. The van der Waals surface area contributed by atoms with Crippen LogP contribution in [0.4, 0.5) is 0 Å². The zero-order valence-corrected chi connectivity index (χ0v) is 26.1. The van der Waals surface area contributed by atoms with Gasteiger partial charge in [-0.25, -0.2) is 9.97 Å². The highest BCUT2D eigenvalue weighted by molar-refractivity contribution is 5.59. The van der Waals surface area contributed by atoms with Gasteiger partial charge in [0.15, 0.2) is 23.3 Å². The summed E-state index contributed by atoms with van der Waals surface area (Å²) in [6.07, 6.45) is 3.47. The minimum Gasteiger partial charge on any atom is -0.257 e. The molecule has 0 aliphatic carbocycles. The SMILES string of the molecule is CC.CC.CC.CC.c1ccc(-c2n[nH]c(-c3ccccn3)n2)cc1.c1ccc(-c2n[nH]c(-c3ccccn3)n2)cc1. The third-order valence-electron chi connectivity index (χ3n) is 4.85. The summed E-state index contributed by atoms with van der Waals surface area (Å²) in [6, 6.07) is 31.1. The van der Waals surface area contributed by atoms with Gasteiger partial charge in [-0.2, -0.15) is 10.2 Å². The van der Waals surface area contributed by atoms with Crippen molar-refractivity contribution in [2.75, 3.05) is 0 Å². The number of pyridine rings is 2. The predicted octanol–water partition coefficient (Wildman–Crippen LogP) is 9.17. The topological polar surface area (TPSA) is 109 Å². The van der Waals surface area contributed by atoms with E-state index >= 15 is 0 Å². The van der Waals surface area contributed by atoms with Crippen molar-refractivity contribution in [1.82, 2.24) is 40.3 Å². The molecule has 0 saturated carbocycles. The number of rotatable bonds is 4. The first-order valence-electron chi connectivity index (χ1n) is 14.7. The van der Waals surface area contributed by atoms with Crippen LogP contribution in [0.2, 0.25) is 0 Å². The molecule has 0 bridgehead atoms. The number of aromatic amines is 2. The maximum atomic E-state index is 4.42. The summed E-state index contributed by atoms with van der Waals surface area (Å²) in [5.41, 5.74) is 3.57. The highest BCUT2D eigenvalue weighted by Gasteiger charge is 2.08. The lowest BCUT2D eigenvalue weighted by atomic mass is 10.2. The van der Waals surface area contributed by atoms with E-state index in [0.717, 1.165) is 22.5 Å². The van der Waals surface area contributed by atoms with Crippen LogP contribution in [0.3, 0.4) is 0 Å². The molecule has 0 aliphatic heterocycles. The molecule has 0 fully saturated rings. The van der Waals surface area contributed by atoms with Crippen molar-refractivity contribution in [2.45, 2.75) is 55.4 Å². The average Bonchev–Trinajstić information content (AvgIpc) is 3.82. The molecular weight excluding hydrogens is 520 g/mol. The van der Waals surface area contributed by atoms with E-state index in [-0.39, 0.29) is 0 Å². The van der Waals surface area contributed by atoms with E-state index in [1.807, 2.05) is 152 Å². The van der Waals surface area contributed by atoms with E-state index in [4.69, 9.17) is 0 Å². The maximum absolute atomic E-state index is 4.42. The fourth-order valence-corrected chi connectivity index (χ4v) is 3.19. The summed E-state index contributed by atoms with van der Waals surface area (Å²) in [5, 5.41) is 14.2. The Hall–Kier alpha value is -4.98. The zero-order valence-electron chi connectivity index (χ0n) is 26.1. The van der Waals surface area contributed by atoms with Crippen LogP contribution in [-0.2, 0) is 0 Å². The molecule has 0 radical (unpaired) electrons. The van der Waals surface area contributed by atoms with Gasteiger partial charge in [0.2, 0.25) is 0 Å². The van der Waals surface area contributed by atoms with Crippen molar-refractivity contribution in [3.63, 3.8) is 0 Å². The van der Waals surface area contributed by atoms with Crippen molar-refractivity contribution < 1.29 is 0 Å². The molecule has 4 aromatic heterocycles. The van der Waals surface area contributed by atoms with E-state index in [1.54, 1.807) is 12.4 Å². The van der Waals surface area contributed by atoms with E-state index in [1.165, 1.54) is 0 Å². The predicted molar refractivity (Wildman–Crippen MR) is 175 cm³/mol. The summed E-state index contributed by atoms with van der Waals surface area (Å²) < 4.78 is 0. The van der Waals surface area contributed by atoms with E-state index in [9.17, 15) is 0 Å². The largest absolute Gasteiger partial charge is 0.257 e. The summed E-state index contributed by atoms with van der Waals surface area (Å²) in [4.78, 5) is 17.3. The minimum atomic E-state index is 0.685. The quantitative estimate of drug-likeness (QED) is 0.221. The van der Waals surface area contributed by atoms with E-state index < -0.39 is 0 Å². The fourth-order valence-electron chi connectivity index (χ4n) is 3.19. The Morgan fingerprint density at radius 2 is 0.738 bits per heavy atom. The standard InChI is InChI=1S/2C13H10N4.4C2H6/c2*1-2-6-10(7-3-1)12-15-13(17-16-12)11-8-4-5-9-14-11;4*1-2/h2*1-9H,(H,15,16,17);4*1-2H3. The van der Waals surface area contributed by atoms with Crippen molar-refractivity contribution in [2.24, 2.45) is 0 Å². The first-order chi connectivity index (χ1) is 20.9. The van der Waals surface area contributed by atoms with Crippen LogP contribution >= 0.6 is 0 Å². The van der Waals surface area contributed by atoms with Crippen molar-refractivity contribution in [1.29, 1.82) is 0 Å². The van der Waals surface area contributed by atoms with Gasteiger partial charge in [-0.15, -0.1) is 0 Å². The number of hydrogen-bond acceptors (Lipinski definition) is 6. The number of nitrogens with zero attached hydrogens (tertiary/aromatic N) is 6. The molecule has 220 valence electrons. The Bertz CT molecular complexity index is 1210. The van der Waals surface area contributed by atoms with Gasteiger partial charge in [-0.3, -0.25) is 20.2 Å². The molecule has 0 aliphatic rings. The molecular formula is C34H44N8. The smallest absolute Gasteiger partial charge is 0.181 e. The molecule has 2 aromatic carbocycles. The molecule has 0 saturated heterocycles. The van der Waals surface area contributed by atoms with Gasteiger partial charge in [0.25, 0.3) is 0 Å². The molecule has 42 heavy (non-hydrogen) atoms. The van der Waals surface area contributed by atoms with Crippen LogP contribution in [0.1, 0.15) is 55.4 Å². The second kappa shape index (κ2) is 21.8. The Balaban J connectivity index is 0.000000340. The number of benzene rings is 2. The lowest BCUT2D eigenvalue weighted by molar-refractivity contribution is 1.09. The molecule has 6 aromatic rings. The minimum absolute atomic E-state index is 0.685. The van der Waals surface area contributed by atoms with Crippen LogP contribution in [0.25, 0.3) is 45.8 Å². The molecule has 0 unspecified atom stereocenters. The Kier molecular flexibility index (Phi) is 18.2. The molecule has 6 rings (SSSR count). The van der Waals surface area contributed by atoms with Crippen molar-refractivity contribution >= 4 is 0 Å². The molecule has 8 nitrogen and oxygen atoms in total. The summed E-state index contributed by atoms with van der Waals surface area (Å²) in [5.74, 6) is 2.74. The maximum Gasteiger partial charge on any atom is 0.181 e. The van der Waals surface area contributed by atoms with Crippen LogP contribution < -0.4 is 0 Å². The van der Waals surface area contributed by atoms with Gasteiger partial charge in [-0.1, -0.05) is 128 Å². The first-order valence-corrected chi connectivity index (χ1v) is 14.7. The highest BCUT2D eigenvalue weighted by Crippen LogP contribution is 2.18. The zero-order chi connectivity index (χ0) is 31.0. The van der Waals surface area contributed by atoms with Crippen LogP contribution in [-0.4, -0.2) is 40.3 Å². The van der Waals surface area contributed by atoms with Gasteiger partial charge in [-0.05, 0) is 24.3 Å². The lowest BCUT2D eigenvalue weighted by Crippen LogP contribution is -1.84. The number of nitrogens with one attached hydrogen (secondary N) is 2. The normalized spacial score (nSPS) is 8.95. The molecule has 0 amide bonds. The Labute approximate surface area is 250 Å². The molecule has 4 heterocycles. The van der Waals surface area contributed by atoms with Crippen LogP contribution in [0.5, 0.6) is 0 Å². The van der Waals surface area contributed by atoms with Gasteiger partial charge in [0, 0.05) is 23.5 Å². The molecule has 0 atom stereocenters. The summed E-state index contributed by atoms with van der Waals surface area (Å²) in [6.45, 7) is 16.0. The third kappa shape index (κ3) is 10.9. The van der Waals surface area contributed by atoms with Crippen molar-refractivity contribution in [3.05, 3.63) is 109 Å². The van der Waals surface area contributed by atoms with Gasteiger partial charge in [0.05, 0.1) is 0 Å². The number of hydrogen-bond donors (Lipinski definition) is 2. The van der Waals surface area contributed by atoms with Crippen LogP contribution in [0, 0.1) is 0 Å². The van der Waals surface area contributed by atoms with Gasteiger partial charge >= 0.3 is 0 Å². The second-order valence-electron chi connectivity index (χ2n) is 7.18. The average molecular weight is 565 g/mol. The highest BCUT2D eigenvalue weighted by atomic mass is 15.2. The first kappa shape index (κ1) is 35.0. The second-order valence-corrected chi connectivity index (χ2v) is 7.18. The Morgan fingerprint density at radius 1 is 0.405 bits per heavy atom. The van der Waals surface area contributed by atoms with Crippen molar-refractivity contribution in [3.8, 4) is 45.8 Å². The number of aromatic nitrogens is 8. The third-order valence-corrected chi connectivity index (χ3v) is 4.85. The Morgan fingerprint density at radius 3 is 1.05 bits per heavy atom. The lowest BCUT2D eigenvalue weighted by Gasteiger charge is -1.93. The van der Waals surface area contributed by atoms with Gasteiger partial charge in [0.1, 0.15) is 11.4 Å². The summed E-state index contributed by atoms with van der Waals surface area (Å²) >= 11 is 0. The summed E-state index contributed by atoms with van der Waals surface area (Å²) in [7, 11) is 0.